The third kappa shape index (κ3) is 3.94. The van der Waals surface area contributed by atoms with Crippen LogP contribution in [-0.4, -0.2) is 46.2 Å². The number of likely N-dealkylation sites (tertiary alicyclic amines) is 1. The maximum atomic E-state index is 12.5. The molecule has 3 heterocycles. The van der Waals surface area contributed by atoms with Crippen LogP contribution in [0, 0.1) is 0 Å². The Bertz CT molecular complexity index is 520. The first-order chi connectivity index (χ1) is 11.1. The van der Waals surface area contributed by atoms with Crippen LogP contribution in [0.3, 0.4) is 0 Å². The number of rotatable bonds is 5. The maximum absolute atomic E-state index is 12.5. The third-order valence-corrected chi connectivity index (χ3v) is 5.06. The van der Waals surface area contributed by atoms with E-state index in [-0.39, 0.29) is 5.91 Å². The van der Waals surface area contributed by atoms with Crippen LogP contribution in [0.1, 0.15) is 70.2 Å². The summed E-state index contributed by atoms with van der Waals surface area (Å²) in [7, 11) is 0. The second-order valence-electron chi connectivity index (χ2n) is 7.16. The molecule has 1 amide bonds. The smallest absolute Gasteiger partial charge is 0.222 e. The standard InChI is InChI=1S/C18H29N3O2/c1-14(2)18-19-9-11-21(18)15-5-3-10-20(13-15)17(22)8-7-16-6-4-12-23-16/h9,11,14-16H,3-8,10,12-13H2,1-2H3/t15-,16+/m0/s1. The van der Waals surface area contributed by atoms with Gasteiger partial charge in [-0.25, -0.2) is 4.98 Å². The molecule has 128 valence electrons. The molecule has 0 saturated carbocycles. The molecule has 2 aliphatic rings. The zero-order valence-electron chi connectivity index (χ0n) is 14.4. The van der Waals surface area contributed by atoms with Crippen LogP contribution in [0.4, 0.5) is 0 Å². The first-order valence-electron chi connectivity index (χ1n) is 9.07. The number of carbonyl (C=O) groups is 1. The molecule has 2 fully saturated rings. The highest BCUT2D eigenvalue weighted by molar-refractivity contribution is 5.76. The predicted octanol–water partition coefficient (Wildman–Crippen LogP) is 3.13. The Hall–Kier alpha value is -1.36. The van der Waals surface area contributed by atoms with Gasteiger partial charge < -0.3 is 14.2 Å². The quantitative estimate of drug-likeness (QED) is 0.838. The molecule has 23 heavy (non-hydrogen) atoms. The number of ether oxygens (including phenoxy) is 1. The summed E-state index contributed by atoms with van der Waals surface area (Å²) in [5.74, 6) is 1.83. The van der Waals surface area contributed by atoms with E-state index in [1.165, 1.54) is 0 Å². The molecule has 2 saturated heterocycles. The molecule has 0 spiro atoms. The van der Waals surface area contributed by atoms with Crippen LogP contribution in [0.5, 0.6) is 0 Å². The number of nitrogens with zero attached hydrogens (tertiary/aromatic N) is 3. The Labute approximate surface area is 139 Å². The van der Waals surface area contributed by atoms with Gasteiger partial charge in [-0.1, -0.05) is 13.8 Å². The summed E-state index contributed by atoms with van der Waals surface area (Å²) in [5, 5.41) is 0. The summed E-state index contributed by atoms with van der Waals surface area (Å²) in [6.07, 6.45) is 10.2. The van der Waals surface area contributed by atoms with Crippen LogP contribution < -0.4 is 0 Å². The van der Waals surface area contributed by atoms with Crippen molar-refractivity contribution in [1.82, 2.24) is 14.5 Å². The van der Waals surface area contributed by atoms with Crippen molar-refractivity contribution in [1.29, 1.82) is 0 Å². The lowest BCUT2D eigenvalue weighted by molar-refractivity contribution is -0.133. The zero-order chi connectivity index (χ0) is 16.2. The minimum Gasteiger partial charge on any atom is -0.378 e. The Morgan fingerprint density at radius 1 is 1.39 bits per heavy atom. The van der Waals surface area contributed by atoms with E-state index < -0.39 is 0 Å². The number of imidazole rings is 1. The van der Waals surface area contributed by atoms with Gasteiger partial charge in [0.1, 0.15) is 5.82 Å². The highest BCUT2D eigenvalue weighted by atomic mass is 16.5. The summed E-state index contributed by atoms with van der Waals surface area (Å²) < 4.78 is 7.91. The van der Waals surface area contributed by atoms with Crippen LogP contribution in [0.2, 0.25) is 0 Å². The number of hydrogen-bond acceptors (Lipinski definition) is 3. The highest BCUT2D eigenvalue weighted by Crippen LogP contribution is 2.26. The molecule has 0 aliphatic carbocycles. The molecule has 0 unspecified atom stereocenters. The van der Waals surface area contributed by atoms with Gasteiger partial charge >= 0.3 is 0 Å². The van der Waals surface area contributed by atoms with Gasteiger partial charge in [0.05, 0.1) is 12.1 Å². The summed E-state index contributed by atoms with van der Waals surface area (Å²) in [6, 6.07) is 0.371. The Morgan fingerprint density at radius 3 is 3.00 bits per heavy atom. The summed E-state index contributed by atoms with van der Waals surface area (Å²) in [4.78, 5) is 19.1. The van der Waals surface area contributed by atoms with E-state index in [1.807, 2.05) is 11.1 Å². The molecule has 5 nitrogen and oxygen atoms in total. The van der Waals surface area contributed by atoms with Crippen LogP contribution >= 0.6 is 0 Å². The lowest BCUT2D eigenvalue weighted by atomic mass is 10.0. The normalized spacial score (nSPS) is 25.3. The fourth-order valence-corrected chi connectivity index (χ4v) is 3.80. The predicted molar refractivity (Wildman–Crippen MR) is 89.4 cm³/mol. The number of piperidine rings is 1. The molecular formula is C18H29N3O2. The van der Waals surface area contributed by atoms with Crippen molar-refractivity contribution in [2.75, 3.05) is 19.7 Å². The molecule has 5 heteroatoms. The van der Waals surface area contributed by atoms with Gasteiger partial charge in [-0.15, -0.1) is 0 Å². The molecular weight excluding hydrogens is 290 g/mol. The molecule has 0 bridgehead atoms. The summed E-state index contributed by atoms with van der Waals surface area (Å²) in [6.45, 7) is 6.93. The molecule has 0 aromatic carbocycles. The summed E-state index contributed by atoms with van der Waals surface area (Å²) in [5.41, 5.74) is 0. The van der Waals surface area contributed by atoms with E-state index in [4.69, 9.17) is 4.74 Å². The van der Waals surface area contributed by atoms with Gasteiger partial charge in [0, 0.05) is 44.4 Å². The van der Waals surface area contributed by atoms with Crippen LogP contribution in [-0.2, 0) is 9.53 Å². The van der Waals surface area contributed by atoms with Gasteiger partial charge in [0.15, 0.2) is 0 Å². The first-order valence-corrected chi connectivity index (χ1v) is 9.07. The van der Waals surface area contributed by atoms with Crippen molar-refractivity contribution in [3.8, 4) is 0 Å². The first kappa shape index (κ1) is 16.5. The van der Waals surface area contributed by atoms with Gasteiger partial charge in [-0.3, -0.25) is 4.79 Å². The highest BCUT2D eigenvalue weighted by Gasteiger charge is 2.27. The minimum atomic E-state index is 0.288. The fraction of sp³-hybridized carbons (Fsp3) is 0.778. The van der Waals surface area contributed by atoms with Gasteiger partial charge in [-0.05, 0) is 32.1 Å². The minimum absolute atomic E-state index is 0.288. The second-order valence-corrected chi connectivity index (χ2v) is 7.16. The third-order valence-electron chi connectivity index (χ3n) is 5.06. The van der Waals surface area contributed by atoms with Crippen molar-refractivity contribution in [3.63, 3.8) is 0 Å². The zero-order valence-corrected chi connectivity index (χ0v) is 14.4. The van der Waals surface area contributed by atoms with Crippen molar-refractivity contribution in [2.24, 2.45) is 0 Å². The molecule has 2 aliphatic heterocycles. The largest absolute Gasteiger partial charge is 0.378 e. The van der Waals surface area contributed by atoms with E-state index in [0.29, 0.717) is 24.5 Å². The van der Waals surface area contributed by atoms with Crippen molar-refractivity contribution in [2.45, 2.75) is 70.4 Å². The van der Waals surface area contributed by atoms with Crippen molar-refractivity contribution in [3.05, 3.63) is 18.2 Å². The topological polar surface area (TPSA) is 47.4 Å². The average Bonchev–Trinajstić information content (AvgIpc) is 3.24. The maximum Gasteiger partial charge on any atom is 0.222 e. The number of hydrogen-bond donors (Lipinski definition) is 0. The molecule has 0 N–H and O–H groups in total. The Kier molecular flexibility index (Phi) is 5.36. The van der Waals surface area contributed by atoms with Gasteiger partial charge in [0.25, 0.3) is 0 Å². The van der Waals surface area contributed by atoms with E-state index in [0.717, 1.165) is 57.6 Å². The Morgan fingerprint density at radius 2 is 2.26 bits per heavy atom. The number of aromatic nitrogens is 2. The summed E-state index contributed by atoms with van der Waals surface area (Å²) >= 11 is 0. The average molecular weight is 319 g/mol. The molecule has 2 atom stereocenters. The van der Waals surface area contributed by atoms with E-state index in [1.54, 1.807) is 0 Å². The van der Waals surface area contributed by atoms with Crippen molar-refractivity contribution >= 4 is 5.91 Å². The van der Waals surface area contributed by atoms with Crippen LogP contribution in [0.15, 0.2) is 12.4 Å². The molecule has 3 rings (SSSR count). The SMILES string of the molecule is CC(C)c1nccn1[C@H]1CCCN(C(=O)CC[C@H]2CCCO2)C1. The van der Waals surface area contributed by atoms with Gasteiger partial charge in [0.2, 0.25) is 5.91 Å². The second kappa shape index (κ2) is 7.47. The monoisotopic (exact) mass is 319 g/mol. The lowest BCUT2D eigenvalue weighted by Crippen LogP contribution is -2.41. The van der Waals surface area contributed by atoms with Gasteiger partial charge in [-0.2, -0.15) is 0 Å². The van der Waals surface area contributed by atoms with E-state index >= 15 is 0 Å². The van der Waals surface area contributed by atoms with E-state index in [2.05, 4.69) is 29.6 Å². The fourth-order valence-electron chi connectivity index (χ4n) is 3.80. The lowest BCUT2D eigenvalue weighted by Gasteiger charge is -2.34. The van der Waals surface area contributed by atoms with E-state index in [9.17, 15) is 4.79 Å². The molecule has 1 aromatic rings. The van der Waals surface area contributed by atoms with Crippen LogP contribution in [0.25, 0.3) is 0 Å². The molecule has 0 radical (unpaired) electrons. The number of amides is 1. The Balaban J connectivity index is 1.56. The molecule has 1 aromatic heterocycles. The van der Waals surface area contributed by atoms with Crippen molar-refractivity contribution < 1.29 is 9.53 Å². The number of carbonyl (C=O) groups excluding carboxylic acids is 1.